The number of aryl methyl sites for hydroxylation is 1. The molecule has 0 amide bonds. The molecule has 1 heterocycles. The minimum atomic E-state index is -3.71. The molecule has 2 rings (SSSR count). The summed E-state index contributed by atoms with van der Waals surface area (Å²) in [7, 11) is -3.71. The van der Waals surface area contributed by atoms with Gasteiger partial charge in [0.05, 0.1) is 10.4 Å². The van der Waals surface area contributed by atoms with Crippen LogP contribution in [0.2, 0.25) is 0 Å². The lowest BCUT2D eigenvalue weighted by molar-refractivity contribution is 0.598. The molecule has 0 aliphatic heterocycles. The van der Waals surface area contributed by atoms with Crippen molar-refractivity contribution in [2.75, 3.05) is 0 Å². The van der Waals surface area contributed by atoms with Gasteiger partial charge in [-0.15, -0.1) is 0 Å². The Morgan fingerprint density at radius 2 is 1.94 bits per heavy atom. The summed E-state index contributed by atoms with van der Waals surface area (Å²) >= 11 is 0. The SMILES string of the molecule is CCn1c(=O)ccc2cc(S(N)(=O)=O)ccc21. The molecule has 0 spiro atoms. The number of nitrogens with zero attached hydrogens (tertiary/aromatic N) is 1. The van der Waals surface area contributed by atoms with Crippen LogP contribution in [0.25, 0.3) is 10.9 Å². The number of sulfonamides is 1. The Kier molecular flexibility index (Phi) is 2.76. The van der Waals surface area contributed by atoms with Crippen LogP contribution in [-0.4, -0.2) is 13.0 Å². The molecular formula is C11H12N2O3S. The predicted molar refractivity (Wildman–Crippen MR) is 65.3 cm³/mol. The average Bonchev–Trinajstić information content (AvgIpc) is 2.27. The van der Waals surface area contributed by atoms with Gasteiger partial charge in [-0.05, 0) is 36.6 Å². The molecule has 90 valence electrons. The standard InChI is InChI=1S/C11H12N2O3S/c1-2-13-10-5-4-9(17(12,15)16)7-8(10)3-6-11(13)14/h3-7H,2H2,1H3,(H2,12,15,16). The highest BCUT2D eigenvalue weighted by Crippen LogP contribution is 2.16. The van der Waals surface area contributed by atoms with Gasteiger partial charge in [0.25, 0.3) is 5.56 Å². The molecule has 1 aromatic heterocycles. The number of pyridine rings is 1. The van der Waals surface area contributed by atoms with E-state index >= 15 is 0 Å². The minimum Gasteiger partial charge on any atom is -0.309 e. The fraction of sp³-hybridized carbons (Fsp3) is 0.182. The Hall–Kier alpha value is -1.66. The highest BCUT2D eigenvalue weighted by molar-refractivity contribution is 7.89. The number of hydrogen-bond donors (Lipinski definition) is 1. The summed E-state index contributed by atoms with van der Waals surface area (Å²) in [6.07, 6.45) is 0. The van der Waals surface area contributed by atoms with E-state index in [9.17, 15) is 13.2 Å². The number of aromatic nitrogens is 1. The van der Waals surface area contributed by atoms with Crippen LogP contribution < -0.4 is 10.7 Å². The topological polar surface area (TPSA) is 82.2 Å². The monoisotopic (exact) mass is 252 g/mol. The van der Waals surface area contributed by atoms with Gasteiger partial charge in [-0.2, -0.15) is 0 Å². The normalized spacial score (nSPS) is 11.9. The molecule has 1 aromatic carbocycles. The first-order valence-electron chi connectivity index (χ1n) is 5.10. The zero-order valence-corrected chi connectivity index (χ0v) is 10.1. The Bertz CT molecular complexity index is 732. The smallest absolute Gasteiger partial charge is 0.250 e. The van der Waals surface area contributed by atoms with Gasteiger partial charge in [0.1, 0.15) is 0 Å². The summed E-state index contributed by atoms with van der Waals surface area (Å²) in [4.78, 5) is 11.6. The first-order chi connectivity index (χ1) is 7.93. The fourth-order valence-electron chi connectivity index (χ4n) is 1.78. The second-order valence-corrected chi connectivity index (χ2v) is 5.24. The summed E-state index contributed by atoms with van der Waals surface area (Å²) in [5.41, 5.74) is 0.593. The van der Waals surface area contributed by atoms with E-state index < -0.39 is 10.0 Å². The minimum absolute atomic E-state index is 0.0475. The molecule has 17 heavy (non-hydrogen) atoms. The Balaban J connectivity index is 2.83. The fourth-order valence-corrected chi connectivity index (χ4v) is 2.33. The molecule has 0 aliphatic carbocycles. The van der Waals surface area contributed by atoms with E-state index in [1.807, 2.05) is 6.92 Å². The average molecular weight is 252 g/mol. The third-order valence-corrected chi connectivity index (χ3v) is 3.52. The maximum Gasteiger partial charge on any atom is 0.250 e. The number of primary sulfonamides is 1. The molecule has 2 N–H and O–H groups in total. The molecule has 0 fully saturated rings. The lowest BCUT2D eigenvalue weighted by Gasteiger charge is -2.08. The van der Waals surface area contributed by atoms with E-state index in [2.05, 4.69) is 0 Å². The van der Waals surface area contributed by atoms with Crippen LogP contribution >= 0.6 is 0 Å². The van der Waals surface area contributed by atoms with E-state index in [1.54, 1.807) is 16.7 Å². The number of nitrogens with two attached hydrogens (primary N) is 1. The molecule has 0 unspecified atom stereocenters. The third kappa shape index (κ3) is 2.09. The van der Waals surface area contributed by atoms with Gasteiger partial charge in [-0.1, -0.05) is 0 Å². The van der Waals surface area contributed by atoms with Crippen LogP contribution in [0.3, 0.4) is 0 Å². The maximum absolute atomic E-state index is 11.6. The van der Waals surface area contributed by atoms with Crippen molar-refractivity contribution in [2.24, 2.45) is 5.14 Å². The highest BCUT2D eigenvalue weighted by atomic mass is 32.2. The maximum atomic E-state index is 11.6. The van der Waals surface area contributed by atoms with Gasteiger partial charge in [0.15, 0.2) is 0 Å². The van der Waals surface area contributed by atoms with Crippen LogP contribution in [-0.2, 0) is 16.6 Å². The van der Waals surface area contributed by atoms with Gasteiger partial charge >= 0.3 is 0 Å². The molecule has 0 aliphatic rings. The second-order valence-electron chi connectivity index (χ2n) is 3.68. The number of rotatable bonds is 2. The van der Waals surface area contributed by atoms with Crippen LogP contribution in [0, 0.1) is 0 Å². The zero-order chi connectivity index (χ0) is 12.6. The van der Waals surface area contributed by atoms with E-state index in [0.29, 0.717) is 17.4 Å². The molecule has 2 aromatic rings. The van der Waals surface area contributed by atoms with E-state index in [-0.39, 0.29) is 10.5 Å². The number of fused-ring (bicyclic) bond motifs is 1. The van der Waals surface area contributed by atoms with Crippen molar-refractivity contribution in [1.82, 2.24) is 4.57 Å². The summed E-state index contributed by atoms with van der Waals surface area (Å²) in [6, 6.07) is 7.48. The van der Waals surface area contributed by atoms with Gasteiger partial charge in [-0.3, -0.25) is 4.79 Å². The largest absolute Gasteiger partial charge is 0.309 e. The number of benzene rings is 1. The quantitative estimate of drug-likeness (QED) is 0.852. The van der Waals surface area contributed by atoms with Gasteiger partial charge in [-0.25, -0.2) is 13.6 Å². The van der Waals surface area contributed by atoms with Crippen LogP contribution in [0.1, 0.15) is 6.92 Å². The van der Waals surface area contributed by atoms with E-state index in [0.717, 1.165) is 0 Å². The summed E-state index contributed by atoms with van der Waals surface area (Å²) in [6.45, 7) is 2.39. The molecule has 5 nitrogen and oxygen atoms in total. The van der Waals surface area contributed by atoms with Gasteiger partial charge < -0.3 is 4.57 Å². The van der Waals surface area contributed by atoms with Gasteiger partial charge in [0, 0.05) is 12.6 Å². The zero-order valence-electron chi connectivity index (χ0n) is 9.25. The predicted octanol–water partition coefficient (Wildman–Crippen LogP) is 0.669. The summed E-state index contributed by atoms with van der Waals surface area (Å²) < 4.78 is 24.0. The van der Waals surface area contributed by atoms with Crippen molar-refractivity contribution in [2.45, 2.75) is 18.4 Å². The molecular weight excluding hydrogens is 240 g/mol. The molecule has 0 bridgehead atoms. The van der Waals surface area contributed by atoms with Crippen molar-refractivity contribution in [3.05, 3.63) is 40.7 Å². The first kappa shape index (κ1) is 11.8. The molecule has 0 radical (unpaired) electrons. The summed E-state index contributed by atoms with van der Waals surface area (Å²) in [5.74, 6) is 0. The third-order valence-electron chi connectivity index (χ3n) is 2.61. The Labute approximate surface area is 98.5 Å². The van der Waals surface area contributed by atoms with Crippen LogP contribution in [0.4, 0.5) is 0 Å². The number of hydrogen-bond acceptors (Lipinski definition) is 3. The lowest BCUT2D eigenvalue weighted by Crippen LogP contribution is -2.18. The Morgan fingerprint density at radius 3 is 2.53 bits per heavy atom. The second kappa shape index (κ2) is 3.97. The Morgan fingerprint density at radius 1 is 1.24 bits per heavy atom. The van der Waals surface area contributed by atoms with Crippen molar-refractivity contribution >= 4 is 20.9 Å². The molecule has 0 saturated heterocycles. The van der Waals surface area contributed by atoms with Crippen molar-refractivity contribution in [1.29, 1.82) is 0 Å². The van der Waals surface area contributed by atoms with Crippen molar-refractivity contribution in [3.8, 4) is 0 Å². The van der Waals surface area contributed by atoms with Crippen LogP contribution in [0.15, 0.2) is 40.0 Å². The molecule has 0 atom stereocenters. The van der Waals surface area contributed by atoms with Crippen molar-refractivity contribution in [3.63, 3.8) is 0 Å². The summed E-state index contributed by atoms with van der Waals surface area (Å²) in [5, 5.41) is 5.73. The van der Waals surface area contributed by atoms with Gasteiger partial charge in [0.2, 0.25) is 10.0 Å². The highest BCUT2D eigenvalue weighted by Gasteiger charge is 2.09. The molecule has 6 heteroatoms. The van der Waals surface area contributed by atoms with E-state index in [4.69, 9.17) is 5.14 Å². The van der Waals surface area contributed by atoms with Crippen LogP contribution in [0.5, 0.6) is 0 Å². The molecule has 0 saturated carbocycles. The van der Waals surface area contributed by atoms with Crippen molar-refractivity contribution < 1.29 is 8.42 Å². The lowest BCUT2D eigenvalue weighted by atomic mass is 10.2. The first-order valence-corrected chi connectivity index (χ1v) is 6.64. The van der Waals surface area contributed by atoms with E-state index in [1.165, 1.54) is 18.2 Å².